The summed E-state index contributed by atoms with van der Waals surface area (Å²) in [5, 5.41) is 14.2. The molecule has 1 N–H and O–H groups in total. The zero-order valence-electron chi connectivity index (χ0n) is 17.3. The average Bonchev–Trinajstić information content (AvgIpc) is 3.41. The van der Waals surface area contributed by atoms with Crippen LogP contribution in [0, 0.1) is 0 Å². The van der Waals surface area contributed by atoms with E-state index >= 15 is 0 Å². The third-order valence-corrected chi connectivity index (χ3v) is 6.51. The van der Waals surface area contributed by atoms with Gasteiger partial charge in [-0.3, -0.25) is 4.79 Å². The second-order valence-electron chi connectivity index (χ2n) is 6.75. The second kappa shape index (κ2) is 9.32. The van der Waals surface area contributed by atoms with Gasteiger partial charge in [0.2, 0.25) is 5.91 Å². The molecular formula is C22H21N5O2S2. The van der Waals surface area contributed by atoms with Crippen LogP contribution in [-0.2, 0) is 11.8 Å². The number of hydrogen-bond acceptors (Lipinski definition) is 7. The quantitative estimate of drug-likeness (QED) is 0.409. The van der Waals surface area contributed by atoms with Gasteiger partial charge in [0, 0.05) is 23.6 Å². The van der Waals surface area contributed by atoms with E-state index in [1.165, 1.54) is 23.1 Å². The van der Waals surface area contributed by atoms with Crippen molar-refractivity contribution >= 4 is 34.1 Å². The highest BCUT2D eigenvalue weighted by Gasteiger charge is 2.20. The molecule has 4 aromatic rings. The van der Waals surface area contributed by atoms with Gasteiger partial charge in [-0.15, -0.1) is 21.5 Å². The van der Waals surface area contributed by atoms with Gasteiger partial charge in [-0.05, 0) is 19.1 Å². The molecule has 31 heavy (non-hydrogen) atoms. The molecule has 0 bridgehead atoms. The molecule has 0 spiro atoms. The predicted octanol–water partition coefficient (Wildman–Crippen LogP) is 4.73. The smallest absolute Gasteiger partial charge is 0.239 e. The predicted molar refractivity (Wildman–Crippen MR) is 124 cm³/mol. The molecule has 4 rings (SSSR count). The fraction of sp³-hybridized carbons (Fsp3) is 0.182. The molecule has 7 nitrogen and oxygen atoms in total. The Morgan fingerprint density at radius 3 is 2.68 bits per heavy atom. The second-order valence-corrected chi connectivity index (χ2v) is 8.92. The third-order valence-electron chi connectivity index (χ3n) is 4.62. The zero-order chi connectivity index (χ0) is 21.8. The lowest BCUT2D eigenvalue weighted by atomic mass is 10.2. The molecule has 2 aromatic carbocycles. The van der Waals surface area contributed by atoms with E-state index in [9.17, 15) is 4.79 Å². The molecule has 0 fully saturated rings. The molecule has 0 saturated carbocycles. The monoisotopic (exact) mass is 451 g/mol. The number of carbonyl (C=O) groups is 1. The van der Waals surface area contributed by atoms with Crippen molar-refractivity contribution < 1.29 is 9.53 Å². The van der Waals surface area contributed by atoms with Crippen LogP contribution in [0.15, 0.2) is 65.1 Å². The highest BCUT2D eigenvalue weighted by atomic mass is 32.2. The first kappa shape index (κ1) is 21.1. The number of nitrogens with zero attached hydrogens (tertiary/aromatic N) is 4. The summed E-state index contributed by atoms with van der Waals surface area (Å²) in [6.07, 6.45) is 0. The van der Waals surface area contributed by atoms with Crippen molar-refractivity contribution in [2.75, 3.05) is 12.4 Å². The summed E-state index contributed by atoms with van der Waals surface area (Å²) in [7, 11) is 3.51. The summed E-state index contributed by atoms with van der Waals surface area (Å²) in [5.41, 5.74) is 2.76. The Labute approximate surface area is 188 Å². The minimum atomic E-state index is -0.370. The van der Waals surface area contributed by atoms with Crippen LogP contribution in [0.25, 0.3) is 22.6 Å². The summed E-state index contributed by atoms with van der Waals surface area (Å²) in [4.78, 5) is 17.2. The minimum absolute atomic E-state index is 0.134. The van der Waals surface area contributed by atoms with Crippen LogP contribution < -0.4 is 10.1 Å². The van der Waals surface area contributed by atoms with Crippen molar-refractivity contribution in [2.24, 2.45) is 7.05 Å². The van der Waals surface area contributed by atoms with Crippen LogP contribution in [0.1, 0.15) is 6.92 Å². The van der Waals surface area contributed by atoms with E-state index < -0.39 is 0 Å². The van der Waals surface area contributed by atoms with Gasteiger partial charge in [0.25, 0.3) is 0 Å². The molecule has 9 heteroatoms. The van der Waals surface area contributed by atoms with Crippen molar-refractivity contribution in [2.45, 2.75) is 17.3 Å². The molecule has 0 saturated heterocycles. The summed E-state index contributed by atoms with van der Waals surface area (Å²) in [5.74, 6) is 1.33. The van der Waals surface area contributed by atoms with Gasteiger partial charge < -0.3 is 14.6 Å². The molecule has 0 radical (unpaired) electrons. The highest BCUT2D eigenvalue weighted by Crippen LogP contribution is 2.29. The summed E-state index contributed by atoms with van der Waals surface area (Å²) in [6, 6.07) is 17.5. The number of methoxy groups -OCH3 is 1. The fourth-order valence-corrected chi connectivity index (χ4v) is 4.46. The maximum atomic E-state index is 12.7. The largest absolute Gasteiger partial charge is 0.497 e. The topological polar surface area (TPSA) is 81.9 Å². The number of carbonyl (C=O) groups excluding carboxylic acids is 1. The average molecular weight is 452 g/mol. The van der Waals surface area contributed by atoms with Crippen LogP contribution in [0.5, 0.6) is 5.75 Å². The standard InChI is InChI=1S/C22H21N5O2S2/c1-14(20(28)24-21-23-18(13-30-21)15-8-5-4-6-9-15)31-22-26-25-19(27(22)2)16-10-7-11-17(12-16)29-3/h4-14H,1-3H3,(H,23,24,28). The van der Waals surface area contributed by atoms with Gasteiger partial charge in [0.1, 0.15) is 5.75 Å². The maximum Gasteiger partial charge on any atom is 0.239 e. The van der Waals surface area contributed by atoms with Gasteiger partial charge in [-0.1, -0.05) is 54.2 Å². The van der Waals surface area contributed by atoms with E-state index in [0.717, 1.165) is 22.6 Å². The Hall–Kier alpha value is -3.17. The Balaban J connectivity index is 1.43. The van der Waals surface area contributed by atoms with Gasteiger partial charge in [0.05, 0.1) is 18.1 Å². The number of rotatable bonds is 7. The van der Waals surface area contributed by atoms with E-state index in [4.69, 9.17) is 4.74 Å². The molecule has 0 aliphatic carbocycles. The van der Waals surface area contributed by atoms with Gasteiger partial charge in [-0.25, -0.2) is 4.98 Å². The first-order chi connectivity index (χ1) is 15.0. The SMILES string of the molecule is COc1cccc(-c2nnc(SC(C)C(=O)Nc3nc(-c4ccccc4)cs3)n2C)c1. The van der Waals surface area contributed by atoms with Crippen LogP contribution in [0.4, 0.5) is 5.13 Å². The van der Waals surface area contributed by atoms with Crippen LogP contribution in [0.2, 0.25) is 0 Å². The molecule has 1 atom stereocenters. The van der Waals surface area contributed by atoms with E-state index in [-0.39, 0.29) is 11.2 Å². The molecule has 2 heterocycles. The lowest BCUT2D eigenvalue weighted by molar-refractivity contribution is -0.115. The molecule has 1 amide bonds. The molecule has 158 valence electrons. The number of anilines is 1. The zero-order valence-corrected chi connectivity index (χ0v) is 18.9. The van der Waals surface area contributed by atoms with E-state index in [1.54, 1.807) is 7.11 Å². The van der Waals surface area contributed by atoms with E-state index in [1.807, 2.05) is 78.5 Å². The lowest BCUT2D eigenvalue weighted by Crippen LogP contribution is -2.22. The Kier molecular flexibility index (Phi) is 6.34. The van der Waals surface area contributed by atoms with Crippen molar-refractivity contribution in [3.63, 3.8) is 0 Å². The number of aromatic nitrogens is 4. The summed E-state index contributed by atoms with van der Waals surface area (Å²) < 4.78 is 7.16. The van der Waals surface area contributed by atoms with Gasteiger partial charge in [-0.2, -0.15) is 0 Å². The highest BCUT2D eigenvalue weighted by molar-refractivity contribution is 8.00. The van der Waals surface area contributed by atoms with Crippen molar-refractivity contribution in [3.8, 4) is 28.4 Å². The van der Waals surface area contributed by atoms with Crippen molar-refractivity contribution in [1.29, 1.82) is 0 Å². The Morgan fingerprint density at radius 1 is 1.13 bits per heavy atom. The number of thiazole rings is 1. The Morgan fingerprint density at radius 2 is 1.90 bits per heavy atom. The first-order valence-corrected chi connectivity index (χ1v) is 11.3. The molecule has 0 aliphatic rings. The molecular weight excluding hydrogens is 430 g/mol. The number of nitrogens with one attached hydrogen (secondary N) is 1. The maximum absolute atomic E-state index is 12.7. The molecule has 2 aromatic heterocycles. The third kappa shape index (κ3) is 4.78. The first-order valence-electron chi connectivity index (χ1n) is 9.57. The van der Waals surface area contributed by atoms with Crippen LogP contribution in [0.3, 0.4) is 0 Å². The fourth-order valence-electron chi connectivity index (χ4n) is 2.92. The number of thioether (sulfide) groups is 1. The molecule has 1 unspecified atom stereocenters. The van der Waals surface area contributed by atoms with Crippen molar-refractivity contribution in [3.05, 3.63) is 60.0 Å². The number of amides is 1. The van der Waals surface area contributed by atoms with Crippen molar-refractivity contribution in [1.82, 2.24) is 19.7 Å². The lowest BCUT2D eigenvalue weighted by Gasteiger charge is -2.10. The van der Waals surface area contributed by atoms with E-state index in [2.05, 4.69) is 20.5 Å². The van der Waals surface area contributed by atoms with Crippen LogP contribution in [-0.4, -0.2) is 38.0 Å². The number of benzene rings is 2. The summed E-state index contributed by atoms with van der Waals surface area (Å²) in [6.45, 7) is 1.84. The number of hydrogen-bond donors (Lipinski definition) is 1. The minimum Gasteiger partial charge on any atom is -0.497 e. The van der Waals surface area contributed by atoms with E-state index in [0.29, 0.717) is 16.1 Å². The Bertz CT molecular complexity index is 1190. The number of ether oxygens (including phenoxy) is 1. The van der Waals surface area contributed by atoms with Crippen LogP contribution >= 0.6 is 23.1 Å². The van der Waals surface area contributed by atoms with Gasteiger partial charge in [0.15, 0.2) is 16.1 Å². The molecule has 0 aliphatic heterocycles. The summed E-state index contributed by atoms with van der Waals surface area (Å²) >= 11 is 2.76. The normalized spacial score (nSPS) is 11.8. The van der Waals surface area contributed by atoms with Gasteiger partial charge >= 0.3 is 0 Å².